The van der Waals surface area contributed by atoms with Crippen LogP contribution in [0.3, 0.4) is 0 Å². The largest absolute Gasteiger partial charge is 0.299 e. The molecule has 3 aliphatic rings. The topological polar surface area (TPSA) is 17.1 Å². The van der Waals surface area contributed by atoms with Crippen molar-refractivity contribution in [3.8, 4) is 0 Å². The lowest BCUT2D eigenvalue weighted by Gasteiger charge is -2.51. The molecule has 4 atom stereocenters. The van der Waals surface area contributed by atoms with E-state index in [1.807, 2.05) is 0 Å². The molecular formula is C17H28O. The van der Waals surface area contributed by atoms with E-state index in [-0.39, 0.29) is 5.41 Å². The maximum absolute atomic E-state index is 13.0. The Kier molecular flexibility index (Phi) is 2.88. The van der Waals surface area contributed by atoms with Crippen LogP contribution < -0.4 is 0 Å². The number of Topliss-reactive ketones (excluding diaryl/α,β-unsaturated/α-hetero) is 1. The van der Waals surface area contributed by atoms with Crippen LogP contribution in [0.1, 0.15) is 72.1 Å². The number of ketones is 1. The molecule has 18 heavy (non-hydrogen) atoms. The minimum absolute atomic E-state index is 0.119. The van der Waals surface area contributed by atoms with Gasteiger partial charge in [0.2, 0.25) is 0 Å². The first-order valence-electron chi connectivity index (χ1n) is 8.04. The quantitative estimate of drug-likeness (QED) is 0.698. The van der Waals surface area contributed by atoms with Gasteiger partial charge in [0.15, 0.2) is 0 Å². The van der Waals surface area contributed by atoms with Crippen LogP contribution >= 0.6 is 0 Å². The molecule has 1 nitrogen and oxygen atoms in total. The van der Waals surface area contributed by atoms with Gasteiger partial charge in [-0.3, -0.25) is 4.79 Å². The second-order valence-corrected chi connectivity index (χ2v) is 7.91. The average Bonchev–Trinajstić information content (AvgIpc) is 2.67. The van der Waals surface area contributed by atoms with Crippen molar-refractivity contribution in [3.05, 3.63) is 0 Å². The molecule has 3 saturated carbocycles. The Morgan fingerprint density at radius 3 is 2.72 bits per heavy atom. The Morgan fingerprint density at radius 1 is 1.22 bits per heavy atom. The summed E-state index contributed by atoms with van der Waals surface area (Å²) in [5.41, 5.74) is 0.528. The van der Waals surface area contributed by atoms with Crippen LogP contribution in [-0.2, 0) is 4.79 Å². The highest BCUT2D eigenvalue weighted by Crippen LogP contribution is 2.62. The molecule has 0 amide bonds. The van der Waals surface area contributed by atoms with Crippen LogP contribution in [0.4, 0.5) is 0 Å². The monoisotopic (exact) mass is 248 g/mol. The smallest absolute Gasteiger partial charge is 0.142 e. The highest BCUT2D eigenvalue weighted by molar-refractivity contribution is 5.89. The summed E-state index contributed by atoms with van der Waals surface area (Å²) in [4.78, 5) is 13.0. The number of rotatable bonds is 2. The standard InChI is InChI=1S/C17H28O/c1-4-8-17-10-7-12(11-17)14-13(15(17)18)6-5-9-16(14,2)3/h12-14H,4-11H2,1-3H3. The van der Waals surface area contributed by atoms with Gasteiger partial charge in [-0.1, -0.05) is 33.6 Å². The third kappa shape index (κ3) is 1.62. The predicted octanol–water partition coefficient (Wildman–Crippen LogP) is 4.60. The molecule has 3 fully saturated rings. The minimum Gasteiger partial charge on any atom is -0.299 e. The average molecular weight is 248 g/mol. The van der Waals surface area contributed by atoms with E-state index in [9.17, 15) is 4.79 Å². The molecule has 0 aromatic rings. The van der Waals surface area contributed by atoms with E-state index in [2.05, 4.69) is 20.8 Å². The van der Waals surface area contributed by atoms with Crippen LogP contribution in [-0.4, -0.2) is 5.78 Å². The van der Waals surface area contributed by atoms with Gasteiger partial charge in [0, 0.05) is 11.3 Å². The molecule has 0 radical (unpaired) electrons. The number of hydrogen-bond acceptors (Lipinski definition) is 1. The summed E-state index contributed by atoms with van der Waals surface area (Å²) in [6.07, 6.45) is 9.89. The van der Waals surface area contributed by atoms with Crippen molar-refractivity contribution in [1.82, 2.24) is 0 Å². The van der Waals surface area contributed by atoms with Gasteiger partial charge in [0.25, 0.3) is 0 Å². The molecule has 0 aliphatic heterocycles. The van der Waals surface area contributed by atoms with Crippen molar-refractivity contribution in [3.63, 3.8) is 0 Å². The molecular weight excluding hydrogens is 220 g/mol. The number of hydrogen-bond donors (Lipinski definition) is 0. The van der Waals surface area contributed by atoms with Gasteiger partial charge >= 0.3 is 0 Å². The zero-order chi connectivity index (χ0) is 13.0. The first-order chi connectivity index (χ1) is 8.50. The highest BCUT2D eigenvalue weighted by atomic mass is 16.1. The molecule has 0 heterocycles. The van der Waals surface area contributed by atoms with Crippen LogP contribution in [0, 0.1) is 28.6 Å². The second kappa shape index (κ2) is 4.08. The molecule has 0 aromatic heterocycles. The van der Waals surface area contributed by atoms with Gasteiger partial charge < -0.3 is 0 Å². The summed E-state index contributed by atoms with van der Waals surface area (Å²) in [7, 11) is 0. The number of carbonyl (C=O) groups excluding carboxylic acids is 1. The molecule has 0 spiro atoms. The minimum atomic E-state index is 0.119. The fourth-order valence-electron chi connectivity index (χ4n) is 5.85. The van der Waals surface area contributed by atoms with Gasteiger partial charge in [-0.05, 0) is 55.8 Å². The highest BCUT2D eigenvalue weighted by Gasteiger charge is 2.59. The zero-order valence-electron chi connectivity index (χ0n) is 12.3. The molecule has 0 N–H and O–H groups in total. The Bertz CT molecular complexity index is 357. The number of fused-ring (bicyclic) bond motifs is 4. The Morgan fingerprint density at radius 2 is 2.00 bits per heavy atom. The Balaban J connectivity index is 1.94. The number of carbonyl (C=O) groups is 1. The summed E-state index contributed by atoms with van der Waals surface area (Å²) in [6, 6.07) is 0. The summed E-state index contributed by atoms with van der Waals surface area (Å²) in [6.45, 7) is 7.08. The van der Waals surface area contributed by atoms with E-state index in [1.54, 1.807) is 0 Å². The molecule has 3 aliphatic carbocycles. The summed E-state index contributed by atoms with van der Waals surface area (Å²) >= 11 is 0. The lowest BCUT2D eigenvalue weighted by atomic mass is 9.52. The first-order valence-corrected chi connectivity index (χ1v) is 8.04. The third-order valence-corrected chi connectivity index (χ3v) is 6.41. The fraction of sp³-hybridized carbons (Fsp3) is 0.941. The van der Waals surface area contributed by atoms with Gasteiger partial charge in [0.1, 0.15) is 5.78 Å². The molecule has 1 heteroatoms. The molecule has 3 rings (SSSR count). The fourth-order valence-corrected chi connectivity index (χ4v) is 5.85. The van der Waals surface area contributed by atoms with E-state index in [0.29, 0.717) is 23.0 Å². The van der Waals surface area contributed by atoms with Crippen LogP contribution in [0.2, 0.25) is 0 Å². The van der Waals surface area contributed by atoms with Crippen molar-refractivity contribution < 1.29 is 4.79 Å². The molecule has 2 bridgehead atoms. The SMILES string of the molecule is CCCC12CCC(C1)C1C(CCCC1(C)C)C2=O. The lowest BCUT2D eigenvalue weighted by Crippen LogP contribution is -2.50. The van der Waals surface area contributed by atoms with E-state index in [0.717, 1.165) is 12.3 Å². The van der Waals surface area contributed by atoms with E-state index >= 15 is 0 Å². The van der Waals surface area contributed by atoms with Crippen LogP contribution in [0.15, 0.2) is 0 Å². The molecule has 0 aromatic carbocycles. The third-order valence-electron chi connectivity index (χ3n) is 6.41. The molecule has 102 valence electrons. The van der Waals surface area contributed by atoms with E-state index in [4.69, 9.17) is 0 Å². The van der Waals surface area contributed by atoms with Crippen molar-refractivity contribution in [1.29, 1.82) is 0 Å². The lowest BCUT2D eigenvalue weighted by molar-refractivity contribution is -0.145. The van der Waals surface area contributed by atoms with Crippen molar-refractivity contribution in [2.45, 2.75) is 72.1 Å². The maximum atomic E-state index is 13.0. The zero-order valence-corrected chi connectivity index (χ0v) is 12.3. The van der Waals surface area contributed by atoms with Gasteiger partial charge in [-0.15, -0.1) is 0 Å². The summed E-state index contributed by atoms with van der Waals surface area (Å²) < 4.78 is 0. The van der Waals surface area contributed by atoms with Gasteiger partial charge in [-0.25, -0.2) is 0 Å². The Hall–Kier alpha value is -0.330. The normalized spacial score (nSPS) is 45.9. The summed E-state index contributed by atoms with van der Waals surface area (Å²) in [5.74, 6) is 2.65. The van der Waals surface area contributed by atoms with Gasteiger partial charge in [-0.2, -0.15) is 0 Å². The predicted molar refractivity (Wildman–Crippen MR) is 74.3 cm³/mol. The summed E-state index contributed by atoms with van der Waals surface area (Å²) in [5, 5.41) is 0. The van der Waals surface area contributed by atoms with E-state index < -0.39 is 0 Å². The van der Waals surface area contributed by atoms with Crippen LogP contribution in [0.5, 0.6) is 0 Å². The van der Waals surface area contributed by atoms with Gasteiger partial charge in [0.05, 0.1) is 0 Å². The van der Waals surface area contributed by atoms with Crippen molar-refractivity contribution in [2.75, 3.05) is 0 Å². The maximum Gasteiger partial charge on any atom is 0.142 e. The van der Waals surface area contributed by atoms with E-state index in [1.165, 1.54) is 44.9 Å². The molecule has 0 saturated heterocycles. The first kappa shape index (κ1) is 12.7. The Labute approximate surface area is 112 Å². The van der Waals surface area contributed by atoms with Crippen molar-refractivity contribution >= 4 is 5.78 Å². The van der Waals surface area contributed by atoms with Crippen LogP contribution in [0.25, 0.3) is 0 Å². The molecule has 4 unspecified atom stereocenters. The van der Waals surface area contributed by atoms with Crippen molar-refractivity contribution in [2.24, 2.45) is 28.6 Å². The second-order valence-electron chi connectivity index (χ2n) is 7.91.